The Labute approximate surface area is 322 Å². The minimum atomic E-state index is 0.0633. The number of H-pyrrole nitrogens is 2. The quantitative estimate of drug-likeness (QED) is 0.123. The van der Waals surface area contributed by atoms with Crippen molar-refractivity contribution in [1.82, 2.24) is 34.9 Å². The summed E-state index contributed by atoms with van der Waals surface area (Å²) in [6.45, 7) is 4.94. The fraction of sp³-hybridized carbons (Fsp3) is 0.378. The Bertz CT molecular complexity index is 1980. The van der Waals surface area contributed by atoms with Crippen molar-refractivity contribution in [2.75, 3.05) is 49.1 Å². The molecule has 0 radical (unpaired) electrons. The Morgan fingerprint density at radius 3 is 1.71 bits per heavy atom. The van der Waals surface area contributed by atoms with Gasteiger partial charge in [-0.25, -0.2) is 24.9 Å². The number of halogens is 4. The molecule has 6 aromatic rings. The van der Waals surface area contributed by atoms with Crippen LogP contribution in [0.1, 0.15) is 36.8 Å². The van der Waals surface area contributed by atoms with Crippen LogP contribution in [0.2, 0.25) is 20.1 Å². The Hall–Kier alpha value is -3.71. The number of fused-ring (bicyclic) bond motifs is 2. The lowest BCUT2D eigenvalue weighted by Gasteiger charge is -2.42. The molecule has 52 heavy (non-hydrogen) atoms. The third-order valence-electron chi connectivity index (χ3n) is 10.8. The van der Waals surface area contributed by atoms with Crippen molar-refractivity contribution >= 4 is 80.2 Å². The molecular formula is C37H41Cl4N11. The number of piperidine rings is 2. The van der Waals surface area contributed by atoms with Crippen molar-refractivity contribution in [3.63, 3.8) is 0 Å². The fourth-order valence-corrected chi connectivity index (χ4v) is 8.20. The van der Waals surface area contributed by atoms with E-state index in [1.165, 1.54) is 11.1 Å². The van der Waals surface area contributed by atoms with E-state index in [1.54, 1.807) is 19.0 Å². The van der Waals surface area contributed by atoms with E-state index >= 15 is 0 Å². The molecule has 4 aromatic heterocycles. The molecule has 0 amide bonds. The van der Waals surface area contributed by atoms with Crippen LogP contribution in [0.3, 0.4) is 0 Å². The predicted molar refractivity (Wildman–Crippen MR) is 212 cm³/mol. The molecule has 0 spiro atoms. The summed E-state index contributed by atoms with van der Waals surface area (Å²) >= 11 is 24.4. The molecule has 0 saturated carbocycles. The maximum atomic E-state index is 6.20. The predicted octanol–water partition coefficient (Wildman–Crippen LogP) is 7.50. The normalized spacial score (nSPS) is 17.0. The number of aromatic amines is 2. The molecule has 6 heterocycles. The molecule has 272 valence electrons. The van der Waals surface area contributed by atoms with E-state index < -0.39 is 0 Å². The summed E-state index contributed by atoms with van der Waals surface area (Å²) in [5, 5.41) is 3.43. The van der Waals surface area contributed by atoms with E-state index in [0.717, 1.165) is 92.9 Å². The fourth-order valence-electron chi connectivity index (χ4n) is 7.56. The average Bonchev–Trinajstić information content (AvgIpc) is 3.86. The van der Waals surface area contributed by atoms with Gasteiger partial charge in [-0.05, 0) is 104 Å². The van der Waals surface area contributed by atoms with Crippen molar-refractivity contribution in [3.8, 4) is 0 Å². The summed E-state index contributed by atoms with van der Waals surface area (Å²) in [4.78, 5) is 32.6. The van der Waals surface area contributed by atoms with Gasteiger partial charge in [0.15, 0.2) is 11.5 Å². The minimum Gasteiger partial charge on any atom is -0.356 e. The SMILES string of the molecule is NCC1(Cc2ccc(Cl)c(Cl)c2)CCN(c2ncnc3[nH]ccc23)CC1.NCC1(Cc2ccc(Cl)c(Cl)c2)CCN(c2ncnc3nc[nH]c23)CC1. The molecule has 6 N–H and O–H groups in total. The van der Waals surface area contributed by atoms with E-state index in [9.17, 15) is 0 Å². The number of benzene rings is 2. The van der Waals surface area contributed by atoms with Crippen LogP contribution in [0, 0.1) is 10.8 Å². The van der Waals surface area contributed by atoms with Crippen LogP contribution >= 0.6 is 46.4 Å². The van der Waals surface area contributed by atoms with E-state index in [4.69, 9.17) is 57.9 Å². The van der Waals surface area contributed by atoms with Crippen LogP contribution in [-0.2, 0) is 12.8 Å². The van der Waals surface area contributed by atoms with E-state index in [1.807, 2.05) is 48.7 Å². The first kappa shape index (κ1) is 36.6. The molecule has 0 atom stereocenters. The molecular weight excluding hydrogens is 740 g/mol. The van der Waals surface area contributed by atoms with Crippen LogP contribution in [0.25, 0.3) is 22.2 Å². The van der Waals surface area contributed by atoms with Crippen LogP contribution in [0.5, 0.6) is 0 Å². The molecule has 15 heteroatoms. The molecule has 2 aliphatic heterocycles. The van der Waals surface area contributed by atoms with Gasteiger partial charge in [0.1, 0.15) is 29.6 Å². The number of anilines is 2. The minimum absolute atomic E-state index is 0.0633. The number of nitrogens with one attached hydrogen (secondary N) is 2. The van der Waals surface area contributed by atoms with Gasteiger partial charge in [-0.15, -0.1) is 0 Å². The second-order valence-corrected chi connectivity index (χ2v) is 15.6. The highest BCUT2D eigenvalue weighted by Crippen LogP contribution is 2.39. The number of imidazole rings is 1. The van der Waals surface area contributed by atoms with Gasteiger partial charge in [-0.2, -0.15) is 0 Å². The highest BCUT2D eigenvalue weighted by Gasteiger charge is 2.36. The Morgan fingerprint density at radius 1 is 0.615 bits per heavy atom. The topological polar surface area (TPSA) is 155 Å². The zero-order valence-electron chi connectivity index (χ0n) is 28.6. The third kappa shape index (κ3) is 7.81. The molecule has 0 aliphatic carbocycles. The summed E-state index contributed by atoms with van der Waals surface area (Å²) in [5.74, 6) is 1.91. The van der Waals surface area contributed by atoms with Crippen LogP contribution in [0.4, 0.5) is 11.6 Å². The summed E-state index contributed by atoms with van der Waals surface area (Å²) in [6.07, 6.45) is 12.6. The molecule has 0 unspecified atom stereocenters. The first-order valence-corrected chi connectivity index (χ1v) is 18.9. The maximum absolute atomic E-state index is 6.20. The summed E-state index contributed by atoms with van der Waals surface area (Å²) in [5.41, 5.74) is 17.4. The van der Waals surface area contributed by atoms with Gasteiger partial charge < -0.3 is 31.2 Å². The number of aromatic nitrogens is 7. The van der Waals surface area contributed by atoms with E-state index in [-0.39, 0.29) is 10.8 Å². The first-order chi connectivity index (χ1) is 25.2. The largest absolute Gasteiger partial charge is 0.356 e. The summed E-state index contributed by atoms with van der Waals surface area (Å²) < 4.78 is 0. The lowest BCUT2D eigenvalue weighted by Crippen LogP contribution is -2.45. The maximum Gasteiger partial charge on any atom is 0.182 e. The van der Waals surface area contributed by atoms with Crippen LogP contribution in [0.15, 0.2) is 67.6 Å². The monoisotopic (exact) mass is 779 g/mol. The second kappa shape index (κ2) is 15.7. The van der Waals surface area contributed by atoms with Gasteiger partial charge in [0, 0.05) is 32.4 Å². The Kier molecular flexibility index (Phi) is 11.1. The number of nitrogens with zero attached hydrogens (tertiary/aromatic N) is 7. The summed E-state index contributed by atoms with van der Waals surface area (Å²) in [7, 11) is 0. The van der Waals surface area contributed by atoms with Crippen molar-refractivity contribution in [2.24, 2.45) is 22.3 Å². The van der Waals surface area contributed by atoms with Gasteiger partial charge in [0.25, 0.3) is 0 Å². The summed E-state index contributed by atoms with van der Waals surface area (Å²) in [6, 6.07) is 13.7. The zero-order valence-corrected chi connectivity index (χ0v) is 31.7. The van der Waals surface area contributed by atoms with Gasteiger partial charge in [0.2, 0.25) is 0 Å². The zero-order chi connectivity index (χ0) is 36.3. The molecule has 8 rings (SSSR count). The number of rotatable bonds is 8. The van der Waals surface area contributed by atoms with Gasteiger partial charge in [-0.1, -0.05) is 58.5 Å². The van der Waals surface area contributed by atoms with E-state index in [2.05, 4.69) is 44.7 Å². The van der Waals surface area contributed by atoms with E-state index in [0.29, 0.717) is 38.8 Å². The molecule has 2 aromatic carbocycles. The average molecular weight is 782 g/mol. The van der Waals surface area contributed by atoms with Crippen molar-refractivity contribution < 1.29 is 0 Å². The standard InChI is InChI=1S/C19H21Cl2N5.C18H20Cl2N6/c20-15-2-1-13(9-16(15)21)10-19(11-22)4-7-26(8-5-19)18-14-3-6-23-17(14)24-12-25-18;19-13-2-1-12(7-14(13)20)8-18(9-21)3-5-26(6-4-18)17-15-16(23-10-22-15)24-11-25-17/h1-3,6,9,12H,4-5,7-8,10-11,22H2,(H,23,24,25);1-2,7,10-11H,3-6,8-9,21H2,(H,22,23,24,25). The highest BCUT2D eigenvalue weighted by atomic mass is 35.5. The van der Waals surface area contributed by atoms with Gasteiger partial charge in [0.05, 0.1) is 31.8 Å². The van der Waals surface area contributed by atoms with Crippen LogP contribution < -0.4 is 21.3 Å². The highest BCUT2D eigenvalue weighted by molar-refractivity contribution is 6.42. The molecule has 2 saturated heterocycles. The third-order valence-corrected chi connectivity index (χ3v) is 12.3. The number of nitrogens with two attached hydrogens (primary N) is 2. The van der Waals surface area contributed by atoms with Crippen molar-refractivity contribution in [3.05, 3.63) is 98.9 Å². The lowest BCUT2D eigenvalue weighted by atomic mass is 9.74. The molecule has 11 nitrogen and oxygen atoms in total. The first-order valence-electron chi connectivity index (χ1n) is 17.4. The van der Waals surface area contributed by atoms with Gasteiger partial charge >= 0.3 is 0 Å². The Balaban J connectivity index is 0.000000162. The lowest BCUT2D eigenvalue weighted by molar-refractivity contribution is 0.226. The van der Waals surface area contributed by atoms with Crippen LogP contribution in [-0.4, -0.2) is 74.2 Å². The smallest absolute Gasteiger partial charge is 0.182 e. The van der Waals surface area contributed by atoms with Crippen molar-refractivity contribution in [2.45, 2.75) is 38.5 Å². The number of hydrogen-bond donors (Lipinski definition) is 4. The van der Waals surface area contributed by atoms with Crippen molar-refractivity contribution in [1.29, 1.82) is 0 Å². The second-order valence-electron chi connectivity index (χ2n) is 14.0. The number of hydrogen-bond acceptors (Lipinski definition) is 9. The molecule has 0 bridgehead atoms. The molecule has 2 aliphatic rings. The Morgan fingerprint density at radius 2 is 1.15 bits per heavy atom. The molecule has 2 fully saturated rings. The van der Waals surface area contributed by atoms with Gasteiger partial charge in [-0.3, -0.25) is 0 Å².